The van der Waals surface area contributed by atoms with Crippen molar-refractivity contribution in [3.8, 4) is 0 Å². The lowest BCUT2D eigenvalue weighted by Gasteiger charge is -2.35. The van der Waals surface area contributed by atoms with Crippen LogP contribution in [0.2, 0.25) is 5.02 Å². The van der Waals surface area contributed by atoms with E-state index < -0.39 is 5.82 Å². The molecule has 0 N–H and O–H groups in total. The first-order chi connectivity index (χ1) is 14.5. The maximum absolute atomic E-state index is 13.2. The number of halogens is 2. The van der Waals surface area contributed by atoms with Gasteiger partial charge in [0.1, 0.15) is 5.82 Å². The van der Waals surface area contributed by atoms with Crippen molar-refractivity contribution in [1.29, 1.82) is 0 Å². The van der Waals surface area contributed by atoms with Crippen LogP contribution in [0.5, 0.6) is 0 Å². The lowest BCUT2D eigenvalue weighted by atomic mass is 10.1. The van der Waals surface area contributed by atoms with Crippen LogP contribution >= 0.6 is 11.6 Å². The number of carbonyl (C=O) groups is 2. The number of piperazine rings is 1. The topological polar surface area (TPSA) is 49.9 Å². The predicted octanol–water partition coefficient (Wildman–Crippen LogP) is 3.80. The normalized spacial score (nSPS) is 14.1. The van der Waals surface area contributed by atoms with E-state index >= 15 is 0 Å². The van der Waals surface area contributed by atoms with Crippen LogP contribution in [-0.2, 0) is 16.0 Å². The highest BCUT2D eigenvalue weighted by atomic mass is 35.5. The van der Waals surface area contributed by atoms with Gasteiger partial charge in [0.2, 0.25) is 5.91 Å². The highest BCUT2D eigenvalue weighted by Crippen LogP contribution is 2.20. The van der Waals surface area contributed by atoms with E-state index in [1.54, 1.807) is 9.80 Å². The lowest BCUT2D eigenvalue weighted by Crippen LogP contribution is -2.50. The van der Waals surface area contributed by atoms with Crippen LogP contribution < -0.4 is 0 Å². The third-order valence-electron chi connectivity index (χ3n) is 5.14. The molecule has 2 aromatic rings. The Morgan fingerprint density at radius 2 is 1.67 bits per heavy atom. The molecular weight excluding hydrogens is 407 g/mol. The highest BCUT2D eigenvalue weighted by molar-refractivity contribution is 6.33. The number of nitrogens with zero attached hydrogens (tertiary/aromatic N) is 2. The maximum Gasteiger partial charge on any atom is 0.255 e. The molecule has 7 heteroatoms. The molecule has 1 heterocycles. The zero-order valence-electron chi connectivity index (χ0n) is 16.9. The molecule has 0 spiro atoms. The molecule has 1 aliphatic rings. The van der Waals surface area contributed by atoms with Gasteiger partial charge < -0.3 is 14.5 Å². The first-order valence-electron chi connectivity index (χ1n) is 10.2. The summed E-state index contributed by atoms with van der Waals surface area (Å²) in [6, 6.07) is 13.9. The molecule has 0 aliphatic carbocycles. The van der Waals surface area contributed by atoms with Gasteiger partial charge in [-0.3, -0.25) is 9.59 Å². The SMILES string of the molecule is O=C(CCCOCCc1ccccc1)N1CCN(C(=O)c2ccc(F)cc2Cl)CC1. The van der Waals surface area contributed by atoms with Crippen molar-refractivity contribution < 1.29 is 18.7 Å². The molecule has 0 unspecified atom stereocenters. The Bertz CT molecular complexity index is 855. The minimum Gasteiger partial charge on any atom is -0.381 e. The molecule has 160 valence electrons. The third kappa shape index (κ3) is 6.28. The van der Waals surface area contributed by atoms with Gasteiger partial charge in [-0.1, -0.05) is 41.9 Å². The number of hydrogen-bond donors (Lipinski definition) is 0. The Morgan fingerprint density at radius 1 is 0.967 bits per heavy atom. The molecule has 0 atom stereocenters. The molecule has 0 bridgehead atoms. The highest BCUT2D eigenvalue weighted by Gasteiger charge is 2.25. The van der Waals surface area contributed by atoms with Gasteiger partial charge in [-0.15, -0.1) is 0 Å². The van der Waals surface area contributed by atoms with E-state index in [1.807, 2.05) is 18.2 Å². The van der Waals surface area contributed by atoms with Gasteiger partial charge in [-0.2, -0.15) is 0 Å². The van der Waals surface area contributed by atoms with Crippen LogP contribution in [0.3, 0.4) is 0 Å². The number of carbonyl (C=O) groups excluding carboxylic acids is 2. The van der Waals surface area contributed by atoms with Gasteiger partial charge >= 0.3 is 0 Å². The third-order valence-corrected chi connectivity index (χ3v) is 5.45. The molecule has 30 heavy (non-hydrogen) atoms. The van der Waals surface area contributed by atoms with Gasteiger partial charge in [0, 0.05) is 39.2 Å². The van der Waals surface area contributed by atoms with Gasteiger partial charge in [-0.05, 0) is 36.6 Å². The van der Waals surface area contributed by atoms with Gasteiger partial charge in [-0.25, -0.2) is 4.39 Å². The van der Waals surface area contributed by atoms with E-state index in [0.29, 0.717) is 52.2 Å². The van der Waals surface area contributed by atoms with Crippen molar-refractivity contribution in [2.45, 2.75) is 19.3 Å². The fraction of sp³-hybridized carbons (Fsp3) is 0.391. The van der Waals surface area contributed by atoms with Crippen molar-refractivity contribution in [2.75, 3.05) is 39.4 Å². The number of rotatable bonds is 8. The van der Waals surface area contributed by atoms with Crippen molar-refractivity contribution in [3.63, 3.8) is 0 Å². The minimum absolute atomic E-state index is 0.0774. The Balaban J connectivity index is 1.33. The fourth-order valence-corrected chi connectivity index (χ4v) is 3.66. The molecule has 2 amide bonds. The standard InChI is InChI=1S/C23H26ClFN2O3/c24-21-17-19(25)8-9-20(21)23(29)27-13-11-26(12-14-27)22(28)7-4-15-30-16-10-18-5-2-1-3-6-18/h1-3,5-6,8-9,17H,4,7,10-16H2. The summed E-state index contributed by atoms with van der Waals surface area (Å²) in [6.07, 6.45) is 1.98. The Morgan fingerprint density at radius 3 is 2.37 bits per heavy atom. The molecule has 0 aromatic heterocycles. The zero-order chi connectivity index (χ0) is 21.3. The van der Waals surface area contributed by atoms with Crippen molar-refractivity contribution >= 4 is 23.4 Å². The van der Waals surface area contributed by atoms with Crippen molar-refractivity contribution in [2.24, 2.45) is 0 Å². The molecule has 0 saturated carbocycles. The lowest BCUT2D eigenvalue weighted by molar-refractivity contribution is -0.133. The molecule has 1 fully saturated rings. The van der Waals surface area contributed by atoms with Crippen LogP contribution in [0, 0.1) is 5.82 Å². The summed E-state index contributed by atoms with van der Waals surface area (Å²) in [6.45, 7) is 3.04. The first-order valence-corrected chi connectivity index (χ1v) is 10.6. The largest absolute Gasteiger partial charge is 0.381 e. The Labute approximate surface area is 181 Å². The van der Waals surface area contributed by atoms with E-state index in [9.17, 15) is 14.0 Å². The molecular formula is C23H26ClFN2O3. The van der Waals surface area contributed by atoms with Crippen molar-refractivity contribution in [3.05, 3.63) is 70.5 Å². The van der Waals surface area contributed by atoms with E-state index in [4.69, 9.17) is 16.3 Å². The number of ether oxygens (including phenoxy) is 1. The molecule has 1 aliphatic heterocycles. The second-order valence-electron chi connectivity index (χ2n) is 7.25. The number of amides is 2. The molecule has 0 radical (unpaired) electrons. The Kier molecular flexibility index (Phi) is 8.22. The summed E-state index contributed by atoms with van der Waals surface area (Å²) in [7, 11) is 0. The summed E-state index contributed by atoms with van der Waals surface area (Å²) in [5, 5.41) is 0.103. The molecule has 1 saturated heterocycles. The number of hydrogen-bond acceptors (Lipinski definition) is 3. The quantitative estimate of drug-likeness (QED) is 0.596. The van der Waals surface area contributed by atoms with E-state index in [1.165, 1.54) is 17.7 Å². The number of benzene rings is 2. The first kappa shape index (κ1) is 22.2. The van der Waals surface area contributed by atoms with Crippen LogP contribution in [0.4, 0.5) is 4.39 Å². The van der Waals surface area contributed by atoms with Crippen LogP contribution in [0.25, 0.3) is 0 Å². The average Bonchev–Trinajstić information content (AvgIpc) is 2.76. The summed E-state index contributed by atoms with van der Waals surface area (Å²) in [5.74, 6) is -0.636. The molecule has 2 aromatic carbocycles. The summed E-state index contributed by atoms with van der Waals surface area (Å²) in [5.41, 5.74) is 1.52. The van der Waals surface area contributed by atoms with Crippen LogP contribution in [0.1, 0.15) is 28.8 Å². The fourth-order valence-electron chi connectivity index (χ4n) is 3.41. The van der Waals surface area contributed by atoms with E-state index in [-0.39, 0.29) is 22.4 Å². The van der Waals surface area contributed by atoms with Gasteiger partial charge in [0.25, 0.3) is 5.91 Å². The second kappa shape index (κ2) is 11.1. The predicted molar refractivity (Wildman–Crippen MR) is 114 cm³/mol. The van der Waals surface area contributed by atoms with E-state index in [0.717, 1.165) is 12.5 Å². The van der Waals surface area contributed by atoms with Crippen molar-refractivity contribution in [1.82, 2.24) is 9.80 Å². The smallest absolute Gasteiger partial charge is 0.255 e. The Hall–Kier alpha value is -2.44. The average molecular weight is 433 g/mol. The summed E-state index contributed by atoms with van der Waals surface area (Å²) in [4.78, 5) is 28.4. The molecule has 3 rings (SSSR count). The maximum atomic E-state index is 13.2. The minimum atomic E-state index is -0.476. The van der Waals surface area contributed by atoms with Crippen LogP contribution in [0.15, 0.2) is 48.5 Å². The van der Waals surface area contributed by atoms with Crippen LogP contribution in [-0.4, -0.2) is 61.0 Å². The van der Waals surface area contributed by atoms with E-state index in [2.05, 4.69) is 12.1 Å². The van der Waals surface area contributed by atoms with Gasteiger partial charge in [0.05, 0.1) is 17.2 Å². The zero-order valence-corrected chi connectivity index (χ0v) is 17.6. The second-order valence-corrected chi connectivity index (χ2v) is 7.66. The summed E-state index contributed by atoms with van der Waals surface area (Å²) < 4.78 is 18.8. The van der Waals surface area contributed by atoms with Gasteiger partial charge in [0.15, 0.2) is 0 Å². The summed E-state index contributed by atoms with van der Waals surface area (Å²) >= 11 is 5.99. The monoisotopic (exact) mass is 432 g/mol. The molecule has 5 nitrogen and oxygen atoms in total.